The number of hydrogen-bond acceptors (Lipinski definition) is 3. The fourth-order valence-corrected chi connectivity index (χ4v) is 3.22. The lowest BCUT2D eigenvalue weighted by molar-refractivity contribution is 0.226. The molecule has 0 aromatic heterocycles. The summed E-state index contributed by atoms with van der Waals surface area (Å²) in [5.41, 5.74) is 4.17. The Morgan fingerprint density at radius 1 is 1.23 bits per heavy atom. The number of benzene rings is 1. The van der Waals surface area contributed by atoms with E-state index in [9.17, 15) is 0 Å². The molecule has 1 unspecified atom stereocenters. The van der Waals surface area contributed by atoms with E-state index in [0.29, 0.717) is 0 Å². The SMILES string of the molecule is CC1CNc2cc(CCNCCC3=CCCCC3)ccc2O1. The number of hydrogen-bond donors (Lipinski definition) is 2. The van der Waals surface area contributed by atoms with E-state index in [1.165, 1.54) is 37.7 Å². The smallest absolute Gasteiger partial charge is 0.142 e. The van der Waals surface area contributed by atoms with Gasteiger partial charge in [0.05, 0.1) is 12.2 Å². The molecule has 22 heavy (non-hydrogen) atoms. The molecule has 3 heteroatoms. The van der Waals surface area contributed by atoms with E-state index in [1.54, 1.807) is 5.57 Å². The monoisotopic (exact) mass is 300 g/mol. The van der Waals surface area contributed by atoms with Crippen LogP contribution < -0.4 is 15.4 Å². The van der Waals surface area contributed by atoms with E-state index in [-0.39, 0.29) is 6.10 Å². The summed E-state index contributed by atoms with van der Waals surface area (Å²) in [6.45, 7) is 5.14. The molecule has 3 nitrogen and oxygen atoms in total. The molecule has 2 aliphatic rings. The number of ether oxygens (including phenoxy) is 1. The van der Waals surface area contributed by atoms with Gasteiger partial charge in [-0.25, -0.2) is 0 Å². The Morgan fingerprint density at radius 2 is 2.14 bits per heavy atom. The lowest BCUT2D eigenvalue weighted by Gasteiger charge is -2.25. The van der Waals surface area contributed by atoms with Crippen molar-refractivity contribution in [1.82, 2.24) is 5.32 Å². The Labute approximate surface area is 134 Å². The molecule has 1 heterocycles. The number of anilines is 1. The first-order valence-electron chi connectivity index (χ1n) is 8.73. The van der Waals surface area contributed by atoms with E-state index >= 15 is 0 Å². The minimum Gasteiger partial charge on any atom is -0.487 e. The minimum absolute atomic E-state index is 0.258. The summed E-state index contributed by atoms with van der Waals surface area (Å²) >= 11 is 0. The quantitative estimate of drug-likeness (QED) is 0.617. The van der Waals surface area contributed by atoms with Crippen LogP contribution >= 0.6 is 0 Å². The van der Waals surface area contributed by atoms with Crippen LogP contribution in [0.2, 0.25) is 0 Å². The van der Waals surface area contributed by atoms with Crippen molar-refractivity contribution in [2.45, 2.75) is 51.6 Å². The Kier molecular flexibility index (Phi) is 5.38. The molecule has 1 aliphatic heterocycles. The summed E-state index contributed by atoms with van der Waals surface area (Å²) < 4.78 is 5.81. The van der Waals surface area contributed by atoms with Gasteiger partial charge in [-0.1, -0.05) is 17.7 Å². The zero-order valence-corrected chi connectivity index (χ0v) is 13.7. The van der Waals surface area contributed by atoms with Crippen molar-refractivity contribution in [1.29, 1.82) is 0 Å². The standard InChI is InChI=1S/C19H28N2O/c1-15-14-21-18-13-17(7-8-19(18)22-15)10-12-20-11-9-16-5-3-2-4-6-16/h5,7-8,13,15,20-21H,2-4,6,9-12,14H2,1H3. The van der Waals surface area contributed by atoms with Crippen LogP contribution in [0.15, 0.2) is 29.8 Å². The molecular formula is C19H28N2O. The Morgan fingerprint density at radius 3 is 3.00 bits per heavy atom. The fraction of sp³-hybridized carbons (Fsp3) is 0.579. The topological polar surface area (TPSA) is 33.3 Å². The third kappa shape index (κ3) is 4.26. The zero-order chi connectivity index (χ0) is 15.2. The van der Waals surface area contributed by atoms with Crippen molar-refractivity contribution >= 4 is 5.69 Å². The van der Waals surface area contributed by atoms with Gasteiger partial charge in [0, 0.05) is 0 Å². The van der Waals surface area contributed by atoms with Crippen molar-refractivity contribution in [2.75, 3.05) is 25.0 Å². The lowest BCUT2D eigenvalue weighted by Crippen LogP contribution is -2.27. The molecule has 3 rings (SSSR count). The van der Waals surface area contributed by atoms with Gasteiger partial charge in [-0.3, -0.25) is 0 Å². The van der Waals surface area contributed by atoms with E-state index < -0.39 is 0 Å². The molecule has 0 fully saturated rings. The normalized spacial score (nSPS) is 20.6. The summed E-state index contributed by atoms with van der Waals surface area (Å²) in [6.07, 6.45) is 10.4. The fourth-order valence-electron chi connectivity index (χ4n) is 3.22. The summed E-state index contributed by atoms with van der Waals surface area (Å²) in [6, 6.07) is 6.51. The second-order valence-electron chi connectivity index (χ2n) is 6.50. The number of nitrogens with one attached hydrogen (secondary N) is 2. The zero-order valence-electron chi connectivity index (χ0n) is 13.7. The second kappa shape index (κ2) is 7.68. The average molecular weight is 300 g/mol. The number of allylic oxidation sites excluding steroid dienone is 1. The van der Waals surface area contributed by atoms with Crippen molar-refractivity contribution in [2.24, 2.45) is 0 Å². The van der Waals surface area contributed by atoms with Crippen LogP contribution in [0.4, 0.5) is 5.69 Å². The van der Waals surface area contributed by atoms with Crippen LogP contribution in [0, 0.1) is 0 Å². The van der Waals surface area contributed by atoms with Crippen molar-refractivity contribution in [3.05, 3.63) is 35.4 Å². The minimum atomic E-state index is 0.258. The van der Waals surface area contributed by atoms with Gasteiger partial charge in [0.2, 0.25) is 0 Å². The first-order valence-corrected chi connectivity index (χ1v) is 8.73. The molecule has 0 radical (unpaired) electrons. The predicted molar refractivity (Wildman–Crippen MR) is 92.8 cm³/mol. The summed E-state index contributed by atoms with van der Waals surface area (Å²) in [5, 5.41) is 7.02. The third-order valence-corrected chi connectivity index (χ3v) is 4.55. The molecule has 1 aromatic carbocycles. The molecule has 0 bridgehead atoms. The van der Waals surface area contributed by atoms with E-state index in [4.69, 9.17) is 4.74 Å². The van der Waals surface area contributed by atoms with E-state index in [1.807, 2.05) is 0 Å². The van der Waals surface area contributed by atoms with Crippen molar-refractivity contribution in [3.63, 3.8) is 0 Å². The van der Waals surface area contributed by atoms with E-state index in [0.717, 1.165) is 37.5 Å². The highest BCUT2D eigenvalue weighted by atomic mass is 16.5. The number of fused-ring (bicyclic) bond motifs is 1. The van der Waals surface area contributed by atoms with Crippen LogP contribution in [-0.2, 0) is 6.42 Å². The van der Waals surface area contributed by atoms with Crippen LogP contribution in [0.5, 0.6) is 5.75 Å². The Balaban J connectivity index is 1.39. The van der Waals surface area contributed by atoms with Gasteiger partial charge in [-0.2, -0.15) is 0 Å². The number of rotatable bonds is 6. The molecule has 1 atom stereocenters. The molecular weight excluding hydrogens is 272 g/mol. The maximum absolute atomic E-state index is 5.81. The third-order valence-electron chi connectivity index (χ3n) is 4.55. The molecule has 0 spiro atoms. The van der Waals surface area contributed by atoms with Gasteiger partial charge in [0.1, 0.15) is 11.9 Å². The maximum atomic E-state index is 5.81. The van der Waals surface area contributed by atoms with Gasteiger partial charge in [-0.05, 0) is 76.2 Å². The first-order chi connectivity index (χ1) is 10.8. The Hall–Kier alpha value is -1.48. The van der Waals surface area contributed by atoms with Crippen LogP contribution in [0.1, 0.15) is 44.6 Å². The van der Waals surface area contributed by atoms with Gasteiger partial charge in [0.15, 0.2) is 0 Å². The van der Waals surface area contributed by atoms with E-state index in [2.05, 4.69) is 41.8 Å². The van der Waals surface area contributed by atoms with Gasteiger partial charge in [0.25, 0.3) is 0 Å². The molecule has 120 valence electrons. The van der Waals surface area contributed by atoms with Crippen LogP contribution in [-0.4, -0.2) is 25.7 Å². The highest BCUT2D eigenvalue weighted by Gasteiger charge is 2.15. The first kappa shape index (κ1) is 15.4. The summed E-state index contributed by atoms with van der Waals surface area (Å²) in [7, 11) is 0. The molecule has 2 N–H and O–H groups in total. The highest BCUT2D eigenvalue weighted by Crippen LogP contribution is 2.29. The van der Waals surface area contributed by atoms with Gasteiger partial charge < -0.3 is 15.4 Å². The maximum Gasteiger partial charge on any atom is 0.142 e. The van der Waals surface area contributed by atoms with Gasteiger partial charge in [-0.15, -0.1) is 0 Å². The largest absolute Gasteiger partial charge is 0.487 e. The molecule has 1 aliphatic carbocycles. The van der Waals surface area contributed by atoms with Crippen molar-refractivity contribution < 1.29 is 4.74 Å². The molecule has 0 amide bonds. The van der Waals surface area contributed by atoms with Gasteiger partial charge >= 0.3 is 0 Å². The molecule has 0 saturated carbocycles. The predicted octanol–water partition coefficient (Wildman–Crippen LogP) is 3.90. The summed E-state index contributed by atoms with van der Waals surface area (Å²) in [5.74, 6) is 0.986. The Bertz CT molecular complexity index is 524. The average Bonchev–Trinajstić information content (AvgIpc) is 2.55. The van der Waals surface area contributed by atoms with Crippen LogP contribution in [0.3, 0.4) is 0 Å². The lowest BCUT2D eigenvalue weighted by atomic mass is 9.97. The van der Waals surface area contributed by atoms with Crippen molar-refractivity contribution in [3.8, 4) is 5.75 Å². The second-order valence-corrected chi connectivity index (χ2v) is 6.50. The summed E-state index contributed by atoms with van der Waals surface area (Å²) in [4.78, 5) is 0. The van der Waals surface area contributed by atoms with Crippen LogP contribution in [0.25, 0.3) is 0 Å². The molecule has 0 saturated heterocycles. The highest BCUT2D eigenvalue weighted by molar-refractivity contribution is 5.59. The molecule has 1 aromatic rings.